The number of hydrogen-bond acceptors (Lipinski definition) is 0. The van der Waals surface area contributed by atoms with Crippen molar-refractivity contribution in [3.8, 4) is 0 Å². The van der Waals surface area contributed by atoms with Gasteiger partial charge in [0.05, 0.1) is 0 Å². The molecule has 0 aliphatic heterocycles. The largest absolute Gasteiger partial charge is 0.0807 e. The number of fused-ring (bicyclic) bond motifs is 1. The van der Waals surface area contributed by atoms with Crippen molar-refractivity contribution in [2.24, 2.45) is 0 Å². The Hall–Kier alpha value is -2.08. The minimum Gasteiger partial charge on any atom is -0.0807 e. The average Bonchev–Trinajstić information content (AvgIpc) is 2.80. The summed E-state index contributed by atoms with van der Waals surface area (Å²) in [4.78, 5) is 0. The lowest BCUT2D eigenvalue weighted by atomic mass is 9.89. The number of allylic oxidation sites excluding steroid dienone is 7. The van der Waals surface area contributed by atoms with Gasteiger partial charge >= 0.3 is 0 Å². The molecule has 2 aliphatic carbocycles. The van der Waals surface area contributed by atoms with Gasteiger partial charge in [0.25, 0.3) is 0 Å². The van der Waals surface area contributed by atoms with Crippen LogP contribution in [0.25, 0.3) is 18.2 Å². The maximum Gasteiger partial charge on any atom is -0.00941 e. The third-order valence-electron chi connectivity index (χ3n) is 4.73. The quantitative estimate of drug-likeness (QED) is 0.761. The number of rotatable bonds is 2. The Morgan fingerprint density at radius 1 is 1.00 bits per heavy atom. The van der Waals surface area contributed by atoms with E-state index in [4.69, 9.17) is 0 Å². The van der Waals surface area contributed by atoms with E-state index in [2.05, 4.69) is 75.5 Å². The van der Waals surface area contributed by atoms with Crippen LogP contribution in [0.2, 0.25) is 0 Å². The topological polar surface area (TPSA) is 0 Å². The molecule has 0 heteroatoms. The first-order valence-electron chi connectivity index (χ1n) is 8.25. The molecular weight excluding hydrogens is 264 g/mol. The molecular formula is C22H24. The van der Waals surface area contributed by atoms with Gasteiger partial charge in [-0.1, -0.05) is 61.6 Å². The second kappa shape index (κ2) is 6.36. The van der Waals surface area contributed by atoms with E-state index in [1.165, 1.54) is 38.3 Å². The average molecular weight is 288 g/mol. The standard InChI is InChI=1S/C22H24/c1-4-19-16(2)20-13-9-6-10-14-21(20)17(3)22(19)15-18-11-7-5-8-12-18/h5-9,11,13-15H,4,10,12H2,1-3H3. The summed E-state index contributed by atoms with van der Waals surface area (Å²) >= 11 is 0. The van der Waals surface area contributed by atoms with Gasteiger partial charge in [-0.25, -0.2) is 0 Å². The highest BCUT2D eigenvalue weighted by atomic mass is 14.2. The van der Waals surface area contributed by atoms with E-state index in [0.29, 0.717) is 0 Å². The molecule has 0 radical (unpaired) electrons. The molecule has 0 aromatic heterocycles. The molecule has 0 nitrogen and oxygen atoms in total. The Morgan fingerprint density at radius 2 is 1.86 bits per heavy atom. The van der Waals surface area contributed by atoms with Crippen LogP contribution in [0, 0.1) is 13.8 Å². The van der Waals surface area contributed by atoms with Crippen LogP contribution < -0.4 is 10.4 Å². The molecule has 22 heavy (non-hydrogen) atoms. The predicted molar refractivity (Wildman–Crippen MR) is 98.1 cm³/mol. The van der Waals surface area contributed by atoms with E-state index in [1.54, 1.807) is 0 Å². The Kier molecular flexibility index (Phi) is 4.29. The van der Waals surface area contributed by atoms with Crippen molar-refractivity contribution >= 4 is 18.2 Å². The summed E-state index contributed by atoms with van der Waals surface area (Å²) in [5.41, 5.74) is 7.18. The van der Waals surface area contributed by atoms with Gasteiger partial charge in [0.1, 0.15) is 0 Å². The van der Waals surface area contributed by atoms with Crippen LogP contribution in [-0.4, -0.2) is 0 Å². The maximum absolute atomic E-state index is 2.40. The van der Waals surface area contributed by atoms with Crippen molar-refractivity contribution in [3.05, 3.63) is 74.7 Å². The Bertz CT molecular complexity index is 824. The van der Waals surface area contributed by atoms with E-state index < -0.39 is 0 Å². The summed E-state index contributed by atoms with van der Waals surface area (Å²) in [5.74, 6) is 0. The highest BCUT2D eigenvalue weighted by Gasteiger charge is 2.11. The van der Waals surface area contributed by atoms with Crippen LogP contribution in [0.1, 0.15) is 42.0 Å². The van der Waals surface area contributed by atoms with Gasteiger partial charge in [-0.15, -0.1) is 0 Å². The van der Waals surface area contributed by atoms with Gasteiger partial charge in [0, 0.05) is 0 Å². The molecule has 0 saturated carbocycles. The van der Waals surface area contributed by atoms with E-state index >= 15 is 0 Å². The van der Waals surface area contributed by atoms with Crippen molar-refractivity contribution in [1.29, 1.82) is 0 Å². The lowest BCUT2D eigenvalue weighted by molar-refractivity contribution is 1.07. The zero-order valence-corrected chi connectivity index (χ0v) is 13.8. The van der Waals surface area contributed by atoms with Crippen molar-refractivity contribution < 1.29 is 0 Å². The number of benzene rings is 1. The molecule has 0 atom stereocenters. The third-order valence-corrected chi connectivity index (χ3v) is 4.73. The molecule has 2 aliphatic rings. The molecule has 0 saturated heterocycles. The second-order valence-corrected chi connectivity index (χ2v) is 6.07. The molecule has 0 heterocycles. The lowest BCUT2D eigenvalue weighted by Crippen LogP contribution is -2.32. The zero-order valence-electron chi connectivity index (χ0n) is 13.8. The lowest BCUT2D eigenvalue weighted by Gasteiger charge is -2.15. The van der Waals surface area contributed by atoms with Crippen molar-refractivity contribution in [3.63, 3.8) is 0 Å². The van der Waals surface area contributed by atoms with Crippen LogP contribution in [0.5, 0.6) is 0 Å². The van der Waals surface area contributed by atoms with Crippen LogP contribution in [0.4, 0.5) is 0 Å². The molecule has 0 N–H and O–H groups in total. The number of hydrogen-bond donors (Lipinski definition) is 0. The summed E-state index contributed by atoms with van der Waals surface area (Å²) in [6.45, 7) is 6.82. The summed E-state index contributed by atoms with van der Waals surface area (Å²) in [6.07, 6.45) is 23.3. The highest BCUT2D eigenvalue weighted by molar-refractivity contribution is 5.67. The Labute approximate surface area is 133 Å². The second-order valence-electron chi connectivity index (χ2n) is 6.07. The van der Waals surface area contributed by atoms with Crippen molar-refractivity contribution in [2.45, 2.75) is 40.0 Å². The fraction of sp³-hybridized carbons (Fsp3) is 0.273. The molecule has 1 aromatic rings. The van der Waals surface area contributed by atoms with Gasteiger partial charge in [-0.2, -0.15) is 0 Å². The van der Waals surface area contributed by atoms with E-state index in [9.17, 15) is 0 Å². The highest BCUT2D eigenvalue weighted by Crippen LogP contribution is 2.21. The first-order chi connectivity index (χ1) is 10.7. The van der Waals surface area contributed by atoms with E-state index in [1.807, 2.05) is 0 Å². The third kappa shape index (κ3) is 2.66. The van der Waals surface area contributed by atoms with E-state index in [-0.39, 0.29) is 0 Å². The molecule has 3 rings (SSSR count). The fourth-order valence-electron chi connectivity index (χ4n) is 3.52. The van der Waals surface area contributed by atoms with Crippen molar-refractivity contribution in [2.75, 3.05) is 0 Å². The molecule has 0 fully saturated rings. The summed E-state index contributed by atoms with van der Waals surface area (Å²) < 4.78 is 0. The maximum atomic E-state index is 2.40. The Morgan fingerprint density at radius 3 is 2.59 bits per heavy atom. The smallest absolute Gasteiger partial charge is 0.00941 e. The minimum atomic E-state index is 1.02. The van der Waals surface area contributed by atoms with Crippen LogP contribution in [0.3, 0.4) is 0 Å². The zero-order chi connectivity index (χ0) is 15.5. The summed E-state index contributed by atoms with van der Waals surface area (Å²) in [5, 5.41) is 2.83. The van der Waals surface area contributed by atoms with Gasteiger partial charge in [0.15, 0.2) is 0 Å². The summed E-state index contributed by atoms with van der Waals surface area (Å²) in [6, 6.07) is 0. The molecule has 112 valence electrons. The SMILES string of the molecule is CCc1c(C=C2C=CC=CC2)c(C)c2c(c1C)=CC=CCC=2. The van der Waals surface area contributed by atoms with Gasteiger partial charge < -0.3 is 0 Å². The Balaban J connectivity index is 2.30. The van der Waals surface area contributed by atoms with Gasteiger partial charge in [0.2, 0.25) is 0 Å². The molecule has 0 unspecified atom stereocenters. The molecule has 1 aromatic carbocycles. The fourth-order valence-corrected chi connectivity index (χ4v) is 3.52. The normalized spacial score (nSPS) is 17.9. The predicted octanol–water partition coefficient (Wildman–Crippen LogP) is 4.29. The van der Waals surface area contributed by atoms with Crippen molar-refractivity contribution in [1.82, 2.24) is 0 Å². The molecule has 0 spiro atoms. The van der Waals surface area contributed by atoms with Crippen LogP contribution in [-0.2, 0) is 6.42 Å². The molecule has 0 bridgehead atoms. The van der Waals surface area contributed by atoms with E-state index in [0.717, 1.165) is 19.3 Å². The monoisotopic (exact) mass is 288 g/mol. The first kappa shape index (κ1) is 14.8. The van der Waals surface area contributed by atoms with Crippen LogP contribution in [0.15, 0.2) is 42.0 Å². The summed E-state index contributed by atoms with van der Waals surface area (Å²) in [7, 11) is 0. The molecule has 0 amide bonds. The van der Waals surface area contributed by atoms with Crippen LogP contribution >= 0.6 is 0 Å². The first-order valence-corrected chi connectivity index (χ1v) is 8.25. The van der Waals surface area contributed by atoms with Gasteiger partial charge in [-0.3, -0.25) is 0 Å². The van der Waals surface area contributed by atoms with Gasteiger partial charge in [-0.05, 0) is 71.4 Å². The minimum absolute atomic E-state index is 1.02.